The lowest BCUT2D eigenvalue weighted by Crippen LogP contribution is -2.12. The van der Waals surface area contributed by atoms with Crippen LogP contribution in [0.1, 0.15) is 19.8 Å². The van der Waals surface area contributed by atoms with Gasteiger partial charge in [0, 0.05) is 12.5 Å². The molecule has 0 aliphatic heterocycles. The summed E-state index contributed by atoms with van der Waals surface area (Å²) in [5, 5.41) is 2.79. The number of amidine groups is 1. The fraction of sp³-hybridized carbons (Fsp3) is 0.385. The van der Waals surface area contributed by atoms with Crippen LogP contribution in [0.2, 0.25) is 0 Å². The maximum absolute atomic E-state index is 11.6. The minimum Gasteiger partial charge on any atom is -0.494 e. The second-order valence-corrected chi connectivity index (χ2v) is 4.19. The van der Waals surface area contributed by atoms with Gasteiger partial charge in [0.1, 0.15) is 11.6 Å². The number of carbonyl (C=O) groups excluding carboxylic acids is 1. The monoisotopic (exact) mass is 283 g/mol. The van der Waals surface area contributed by atoms with Crippen LogP contribution in [0, 0.1) is 0 Å². The van der Waals surface area contributed by atoms with Gasteiger partial charge < -0.3 is 15.8 Å². The molecule has 0 aliphatic carbocycles. The molecule has 6 heteroatoms. The molecule has 5 nitrogen and oxygen atoms in total. The van der Waals surface area contributed by atoms with E-state index in [1.54, 1.807) is 18.2 Å². The molecule has 3 N–H and O–H groups in total. The molecule has 0 atom stereocenters. The van der Waals surface area contributed by atoms with E-state index < -0.39 is 0 Å². The maximum atomic E-state index is 11.6. The van der Waals surface area contributed by atoms with Crippen molar-refractivity contribution in [3.8, 4) is 5.75 Å². The number of aliphatic imine (C=N–C) groups is 1. The Morgan fingerprint density at radius 2 is 2.26 bits per heavy atom. The van der Waals surface area contributed by atoms with E-state index in [1.165, 1.54) is 7.11 Å². The van der Waals surface area contributed by atoms with Crippen LogP contribution in [0.25, 0.3) is 0 Å². The van der Waals surface area contributed by atoms with Gasteiger partial charge in [-0.05, 0) is 18.6 Å². The van der Waals surface area contributed by atoms with Crippen LogP contribution in [0.15, 0.2) is 23.2 Å². The van der Waals surface area contributed by atoms with Crippen LogP contribution >= 0.6 is 11.6 Å². The van der Waals surface area contributed by atoms with Crippen molar-refractivity contribution in [2.24, 2.45) is 10.7 Å². The number of anilines is 1. The molecule has 0 saturated carbocycles. The summed E-state index contributed by atoms with van der Waals surface area (Å²) >= 11 is 5.57. The number of methoxy groups -OCH3 is 1. The Balaban J connectivity index is 2.93. The molecule has 0 unspecified atom stereocenters. The molecule has 1 rings (SSSR count). The van der Waals surface area contributed by atoms with Crippen molar-refractivity contribution in [3.63, 3.8) is 0 Å². The molecule has 0 fully saturated rings. The second kappa shape index (κ2) is 7.63. The third kappa shape index (κ3) is 4.79. The standard InChI is InChI=1S/C13H18ClN3O2/c1-3-4-13(18)17-10-6-5-9(7-11(10)19-2)16-12(15)8-14/h5-7H,3-4,8H2,1-2H3,(H2,15,16)(H,17,18). The summed E-state index contributed by atoms with van der Waals surface area (Å²) in [7, 11) is 1.53. The van der Waals surface area contributed by atoms with E-state index >= 15 is 0 Å². The van der Waals surface area contributed by atoms with E-state index in [1.807, 2.05) is 6.92 Å². The number of alkyl halides is 1. The molecule has 0 aromatic heterocycles. The van der Waals surface area contributed by atoms with Gasteiger partial charge in [0.2, 0.25) is 5.91 Å². The number of nitrogens with zero attached hydrogens (tertiary/aromatic N) is 1. The van der Waals surface area contributed by atoms with Crippen molar-refractivity contribution in [1.29, 1.82) is 0 Å². The summed E-state index contributed by atoms with van der Waals surface area (Å²) in [6.07, 6.45) is 1.27. The van der Waals surface area contributed by atoms with Crippen LogP contribution in [0.4, 0.5) is 11.4 Å². The summed E-state index contributed by atoms with van der Waals surface area (Å²) in [6.45, 7) is 1.95. The first kappa shape index (κ1) is 15.3. The molecule has 104 valence electrons. The van der Waals surface area contributed by atoms with Gasteiger partial charge >= 0.3 is 0 Å². The summed E-state index contributed by atoms with van der Waals surface area (Å²) in [5.41, 5.74) is 6.81. The number of halogens is 1. The number of nitrogens with two attached hydrogens (primary N) is 1. The average molecular weight is 284 g/mol. The molecule has 1 aromatic carbocycles. The lowest BCUT2D eigenvalue weighted by Gasteiger charge is -2.10. The lowest BCUT2D eigenvalue weighted by atomic mass is 10.2. The smallest absolute Gasteiger partial charge is 0.224 e. The predicted molar refractivity (Wildman–Crippen MR) is 78.5 cm³/mol. The quantitative estimate of drug-likeness (QED) is 0.479. The number of ether oxygens (including phenoxy) is 1. The number of benzene rings is 1. The Bertz CT molecular complexity index is 475. The van der Waals surface area contributed by atoms with Crippen molar-refractivity contribution >= 4 is 34.7 Å². The Morgan fingerprint density at radius 1 is 1.53 bits per heavy atom. The van der Waals surface area contributed by atoms with Gasteiger partial charge in [-0.3, -0.25) is 4.79 Å². The van der Waals surface area contributed by atoms with E-state index in [9.17, 15) is 4.79 Å². The number of rotatable bonds is 6. The van der Waals surface area contributed by atoms with Crippen molar-refractivity contribution in [2.45, 2.75) is 19.8 Å². The Morgan fingerprint density at radius 3 is 2.84 bits per heavy atom. The largest absolute Gasteiger partial charge is 0.494 e. The Kier molecular flexibility index (Phi) is 6.15. The first-order valence-corrected chi connectivity index (χ1v) is 6.51. The van der Waals surface area contributed by atoms with Crippen LogP contribution < -0.4 is 15.8 Å². The average Bonchev–Trinajstić information content (AvgIpc) is 2.40. The highest BCUT2D eigenvalue weighted by Crippen LogP contribution is 2.29. The third-order valence-electron chi connectivity index (χ3n) is 2.35. The van der Waals surface area contributed by atoms with Gasteiger partial charge in [0.15, 0.2) is 0 Å². The number of hydrogen-bond donors (Lipinski definition) is 2. The molecule has 0 heterocycles. The van der Waals surface area contributed by atoms with E-state index in [0.29, 0.717) is 29.4 Å². The fourth-order valence-corrected chi connectivity index (χ4v) is 1.55. The molecule has 1 aromatic rings. The van der Waals surface area contributed by atoms with Gasteiger partial charge in [0.05, 0.1) is 24.4 Å². The normalized spacial score (nSPS) is 11.2. The lowest BCUT2D eigenvalue weighted by molar-refractivity contribution is -0.116. The Hall–Kier alpha value is -1.75. The molecule has 19 heavy (non-hydrogen) atoms. The summed E-state index contributed by atoms with van der Waals surface area (Å²) < 4.78 is 5.22. The van der Waals surface area contributed by atoms with Crippen molar-refractivity contribution in [3.05, 3.63) is 18.2 Å². The molecule has 0 spiro atoms. The van der Waals surface area contributed by atoms with Gasteiger partial charge in [0.25, 0.3) is 0 Å². The van der Waals surface area contributed by atoms with E-state index in [-0.39, 0.29) is 11.8 Å². The zero-order chi connectivity index (χ0) is 14.3. The number of nitrogens with one attached hydrogen (secondary N) is 1. The highest BCUT2D eigenvalue weighted by Gasteiger charge is 2.07. The maximum Gasteiger partial charge on any atom is 0.224 e. The molecule has 0 aliphatic rings. The van der Waals surface area contributed by atoms with Gasteiger partial charge in [-0.15, -0.1) is 11.6 Å². The third-order valence-corrected chi connectivity index (χ3v) is 2.62. The minimum atomic E-state index is -0.0441. The first-order chi connectivity index (χ1) is 9.10. The predicted octanol–water partition coefficient (Wildman–Crippen LogP) is 2.66. The molecule has 0 radical (unpaired) electrons. The van der Waals surface area contributed by atoms with Crippen molar-refractivity contribution in [1.82, 2.24) is 0 Å². The zero-order valence-corrected chi connectivity index (χ0v) is 11.8. The molecule has 0 bridgehead atoms. The number of hydrogen-bond acceptors (Lipinski definition) is 3. The minimum absolute atomic E-state index is 0.0441. The zero-order valence-electron chi connectivity index (χ0n) is 11.1. The van der Waals surface area contributed by atoms with E-state index in [2.05, 4.69) is 10.3 Å². The van der Waals surface area contributed by atoms with Gasteiger partial charge in [-0.25, -0.2) is 4.99 Å². The highest BCUT2D eigenvalue weighted by atomic mass is 35.5. The van der Waals surface area contributed by atoms with Crippen LogP contribution in [-0.2, 0) is 4.79 Å². The Labute approximate surface area is 117 Å². The summed E-state index contributed by atoms with van der Waals surface area (Å²) in [4.78, 5) is 15.7. The van der Waals surface area contributed by atoms with E-state index in [0.717, 1.165) is 6.42 Å². The van der Waals surface area contributed by atoms with Crippen LogP contribution in [-0.4, -0.2) is 24.7 Å². The van der Waals surface area contributed by atoms with Crippen LogP contribution in [0.5, 0.6) is 5.75 Å². The topological polar surface area (TPSA) is 76.7 Å². The molecular formula is C13H18ClN3O2. The van der Waals surface area contributed by atoms with Crippen molar-refractivity contribution in [2.75, 3.05) is 18.3 Å². The van der Waals surface area contributed by atoms with Gasteiger partial charge in [-0.1, -0.05) is 6.92 Å². The second-order valence-electron chi connectivity index (χ2n) is 3.92. The fourth-order valence-electron chi connectivity index (χ4n) is 1.49. The summed E-state index contributed by atoms with van der Waals surface area (Å²) in [5.74, 6) is 0.981. The molecular weight excluding hydrogens is 266 g/mol. The SMILES string of the molecule is CCCC(=O)Nc1ccc(N=C(N)CCl)cc1OC. The van der Waals surface area contributed by atoms with Crippen molar-refractivity contribution < 1.29 is 9.53 Å². The molecule has 0 saturated heterocycles. The first-order valence-electron chi connectivity index (χ1n) is 5.97. The van der Waals surface area contributed by atoms with E-state index in [4.69, 9.17) is 22.1 Å². The summed E-state index contributed by atoms with van der Waals surface area (Å²) in [6, 6.07) is 5.16. The molecule has 1 amide bonds. The number of amides is 1. The number of carbonyl (C=O) groups is 1. The van der Waals surface area contributed by atoms with Crippen LogP contribution in [0.3, 0.4) is 0 Å². The highest BCUT2D eigenvalue weighted by molar-refractivity contribution is 6.28. The van der Waals surface area contributed by atoms with Gasteiger partial charge in [-0.2, -0.15) is 0 Å².